The number of imide groups is 1. The first-order valence-electron chi connectivity index (χ1n) is 11.4. The van der Waals surface area contributed by atoms with E-state index in [9.17, 15) is 22.8 Å². The lowest BCUT2D eigenvalue weighted by Gasteiger charge is -2.35. The van der Waals surface area contributed by atoms with E-state index < -0.39 is 15.4 Å². The Balaban J connectivity index is 1.37. The van der Waals surface area contributed by atoms with E-state index in [-0.39, 0.29) is 41.6 Å². The summed E-state index contributed by atoms with van der Waals surface area (Å²) in [6.45, 7) is 2.45. The molecular formula is C24H28N4O5S. The Hall–Kier alpha value is -3.11. The van der Waals surface area contributed by atoms with Crippen molar-refractivity contribution in [2.75, 3.05) is 18.4 Å². The van der Waals surface area contributed by atoms with Gasteiger partial charge in [-0.3, -0.25) is 24.7 Å². The largest absolute Gasteiger partial charge is 0.326 e. The van der Waals surface area contributed by atoms with Crippen LogP contribution in [-0.2, 0) is 29.8 Å². The van der Waals surface area contributed by atoms with E-state index in [0.717, 1.165) is 5.56 Å². The SMILES string of the molecule is CCC1(c2ccc(NC(=O)C3CCN(S(=O)(=O)c4cccnc4)CC3)cc2)CCC(=O)NC1=O. The number of anilines is 1. The Bertz CT molecular complexity index is 1180. The standard InChI is InChI=1S/C24H28N4O5S/c1-2-24(12-9-21(29)27-23(24)31)18-5-7-19(8-6-18)26-22(30)17-10-14-28(15-11-17)34(32,33)20-4-3-13-25-16-20/h3-8,13,16-17H,2,9-12,14-15H2,1H3,(H,26,30)(H,27,29,31). The maximum Gasteiger partial charge on any atom is 0.244 e. The lowest BCUT2D eigenvalue weighted by atomic mass is 9.72. The number of nitrogens with zero attached hydrogens (tertiary/aromatic N) is 2. The first kappa shape index (κ1) is 24.0. The number of rotatable bonds is 6. The van der Waals surface area contributed by atoms with Crippen LogP contribution in [0.5, 0.6) is 0 Å². The van der Waals surface area contributed by atoms with Crippen molar-refractivity contribution in [3.8, 4) is 0 Å². The molecule has 0 aliphatic carbocycles. The van der Waals surface area contributed by atoms with Crippen molar-refractivity contribution < 1.29 is 22.8 Å². The van der Waals surface area contributed by atoms with Crippen LogP contribution in [0.2, 0.25) is 0 Å². The summed E-state index contributed by atoms with van der Waals surface area (Å²) in [6.07, 6.45) is 5.03. The predicted molar refractivity (Wildman–Crippen MR) is 125 cm³/mol. The summed E-state index contributed by atoms with van der Waals surface area (Å²) in [7, 11) is -3.62. The van der Waals surface area contributed by atoms with Crippen molar-refractivity contribution in [1.82, 2.24) is 14.6 Å². The van der Waals surface area contributed by atoms with Crippen molar-refractivity contribution in [2.24, 2.45) is 5.92 Å². The fraction of sp³-hybridized carbons (Fsp3) is 0.417. The second kappa shape index (κ2) is 9.63. The summed E-state index contributed by atoms with van der Waals surface area (Å²) < 4.78 is 26.9. The molecule has 9 nitrogen and oxygen atoms in total. The zero-order chi connectivity index (χ0) is 24.3. The van der Waals surface area contributed by atoms with Crippen LogP contribution in [-0.4, -0.2) is 48.5 Å². The molecule has 2 saturated heterocycles. The Kier molecular flexibility index (Phi) is 6.81. The summed E-state index contributed by atoms with van der Waals surface area (Å²) in [5, 5.41) is 5.34. The number of sulfonamides is 1. The Morgan fingerprint density at radius 1 is 1.18 bits per heavy atom. The van der Waals surface area contributed by atoms with Crippen LogP contribution < -0.4 is 10.6 Å². The van der Waals surface area contributed by atoms with E-state index in [1.165, 1.54) is 22.8 Å². The normalized spacial score (nSPS) is 22.3. The van der Waals surface area contributed by atoms with Gasteiger partial charge < -0.3 is 5.32 Å². The fourth-order valence-corrected chi connectivity index (χ4v) is 6.12. The lowest BCUT2D eigenvalue weighted by Crippen LogP contribution is -2.51. The van der Waals surface area contributed by atoms with Gasteiger partial charge in [0.25, 0.3) is 0 Å². The van der Waals surface area contributed by atoms with Crippen LogP contribution in [0.15, 0.2) is 53.7 Å². The number of carbonyl (C=O) groups is 3. The molecule has 0 radical (unpaired) electrons. The van der Waals surface area contributed by atoms with Gasteiger partial charge in [-0.15, -0.1) is 0 Å². The zero-order valence-corrected chi connectivity index (χ0v) is 19.8. The van der Waals surface area contributed by atoms with Gasteiger partial charge in [-0.1, -0.05) is 19.1 Å². The topological polar surface area (TPSA) is 126 Å². The molecule has 2 aliphatic heterocycles. The second-order valence-electron chi connectivity index (χ2n) is 8.75. The third kappa shape index (κ3) is 4.60. The minimum Gasteiger partial charge on any atom is -0.326 e. The predicted octanol–water partition coefficient (Wildman–Crippen LogP) is 2.21. The molecule has 1 aromatic carbocycles. The highest BCUT2D eigenvalue weighted by atomic mass is 32.2. The lowest BCUT2D eigenvalue weighted by molar-refractivity contribution is -0.138. The molecule has 180 valence electrons. The van der Waals surface area contributed by atoms with Crippen molar-refractivity contribution in [1.29, 1.82) is 0 Å². The van der Waals surface area contributed by atoms with Gasteiger partial charge in [0.15, 0.2) is 0 Å². The van der Waals surface area contributed by atoms with Gasteiger partial charge in [0, 0.05) is 43.5 Å². The molecule has 2 fully saturated rings. The quantitative estimate of drug-likeness (QED) is 0.606. The summed E-state index contributed by atoms with van der Waals surface area (Å²) in [6, 6.07) is 10.3. The molecule has 10 heteroatoms. The number of carbonyl (C=O) groups excluding carboxylic acids is 3. The molecule has 34 heavy (non-hydrogen) atoms. The molecule has 3 heterocycles. The highest BCUT2D eigenvalue weighted by Crippen LogP contribution is 2.36. The molecule has 2 N–H and O–H groups in total. The molecule has 1 atom stereocenters. The van der Waals surface area contributed by atoms with E-state index >= 15 is 0 Å². The number of pyridine rings is 1. The summed E-state index contributed by atoms with van der Waals surface area (Å²) in [4.78, 5) is 41.0. The molecular weight excluding hydrogens is 456 g/mol. The average molecular weight is 485 g/mol. The van der Waals surface area contributed by atoms with E-state index in [4.69, 9.17) is 0 Å². The number of amides is 3. The number of piperidine rings is 2. The van der Waals surface area contributed by atoms with Gasteiger partial charge in [0.1, 0.15) is 4.90 Å². The number of hydrogen-bond donors (Lipinski definition) is 2. The molecule has 1 aromatic heterocycles. The van der Waals surface area contributed by atoms with Crippen molar-refractivity contribution in [3.63, 3.8) is 0 Å². The summed E-state index contributed by atoms with van der Waals surface area (Å²) in [5.41, 5.74) is 0.674. The van der Waals surface area contributed by atoms with Gasteiger partial charge in [0.2, 0.25) is 27.7 Å². The van der Waals surface area contributed by atoms with Gasteiger partial charge in [0.05, 0.1) is 5.41 Å². The molecule has 1 unspecified atom stereocenters. The fourth-order valence-electron chi connectivity index (χ4n) is 4.69. The minimum atomic E-state index is -3.62. The smallest absolute Gasteiger partial charge is 0.244 e. The molecule has 0 spiro atoms. The van der Waals surface area contributed by atoms with E-state index in [1.807, 2.05) is 19.1 Å². The monoisotopic (exact) mass is 484 g/mol. The van der Waals surface area contributed by atoms with E-state index in [0.29, 0.717) is 37.8 Å². The first-order valence-corrected chi connectivity index (χ1v) is 12.9. The molecule has 0 bridgehead atoms. The Morgan fingerprint density at radius 2 is 1.88 bits per heavy atom. The van der Waals surface area contributed by atoms with Crippen LogP contribution in [0.25, 0.3) is 0 Å². The van der Waals surface area contributed by atoms with Gasteiger partial charge in [-0.25, -0.2) is 8.42 Å². The molecule has 3 amide bonds. The maximum atomic E-state index is 12.8. The molecule has 4 rings (SSSR count). The molecule has 0 saturated carbocycles. The summed E-state index contributed by atoms with van der Waals surface area (Å²) >= 11 is 0. The van der Waals surface area contributed by atoms with Crippen molar-refractivity contribution in [2.45, 2.75) is 49.3 Å². The number of nitrogens with one attached hydrogen (secondary N) is 2. The van der Waals surface area contributed by atoms with Gasteiger partial charge in [-0.2, -0.15) is 4.31 Å². The summed E-state index contributed by atoms with van der Waals surface area (Å²) in [5.74, 6) is -0.984. The second-order valence-corrected chi connectivity index (χ2v) is 10.7. The van der Waals surface area contributed by atoms with Crippen molar-refractivity contribution >= 4 is 33.4 Å². The third-order valence-electron chi connectivity index (χ3n) is 6.87. The molecule has 2 aromatic rings. The van der Waals surface area contributed by atoms with Crippen LogP contribution in [0.1, 0.15) is 44.6 Å². The van der Waals surface area contributed by atoms with Gasteiger partial charge in [-0.05, 0) is 55.5 Å². The Labute approximate surface area is 199 Å². The average Bonchev–Trinajstić information content (AvgIpc) is 2.86. The van der Waals surface area contributed by atoms with Gasteiger partial charge >= 0.3 is 0 Å². The highest BCUT2D eigenvalue weighted by Gasteiger charge is 2.42. The third-order valence-corrected chi connectivity index (χ3v) is 8.75. The number of aromatic nitrogens is 1. The van der Waals surface area contributed by atoms with Crippen LogP contribution >= 0.6 is 0 Å². The minimum absolute atomic E-state index is 0.152. The zero-order valence-electron chi connectivity index (χ0n) is 19.0. The van der Waals surface area contributed by atoms with Crippen LogP contribution in [0, 0.1) is 5.92 Å². The highest BCUT2D eigenvalue weighted by molar-refractivity contribution is 7.89. The Morgan fingerprint density at radius 3 is 2.47 bits per heavy atom. The van der Waals surface area contributed by atoms with Crippen molar-refractivity contribution in [3.05, 3.63) is 54.4 Å². The first-order chi connectivity index (χ1) is 16.3. The van der Waals surface area contributed by atoms with Crippen LogP contribution in [0.4, 0.5) is 5.69 Å². The maximum absolute atomic E-state index is 12.8. The number of benzene rings is 1. The van der Waals surface area contributed by atoms with E-state index in [1.54, 1.807) is 18.2 Å². The van der Waals surface area contributed by atoms with E-state index in [2.05, 4.69) is 15.6 Å². The number of hydrogen-bond acceptors (Lipinski definition) is 6. The molecule has 2 aliphatic rings. The van der Waals surface area contributed by atoms with Crippen LogP contribution in [0.3, 0.4) is 0 Å².